The summed E-state index contributed by atoms with van der Waals surface area (Å²) in [6, 6.07) is 12.4. The highest BCUT2D eigenvalue weighted by atomic mass is 32.1. The average Bonchev–Trinajstić information content (AvgIpc) is 3.48. The van der Waals surface area contributed by atoms with E-state index >= 15 is 0 Å². The van der Waals surface area contributed by atoms with Crippen LogP contribution in [0.25, 0.3) is 16.0 Å². The van der Waals surface area contributed by atoms with Crippen LogP contribution in [0.15, 0.2) is 41.8 Å². The number of thiazole rings is 1. The molecule has 0 atom stereocenters. The summed E-state index contributed by atoms with van der Waals surface area (Å²) in [4.78, 5) is 20.4. The van der Waals surface area contributed by atoms with Gasteiger partial charge in [-0.2, -0.15) is 10.1 Å². The molecule has 3 aromatic heterocycles. The van der Waals surface area contributed by atoms with E-state index in [0.29, 0.717) is 0 Å². The van der Waals surface area contributed by atoms with Crippen molar-refractivity contribution in [3.05, 3.63) is 57.9 Å². The molecule has 0 saturated carbocycles. The molecule has 0 unspecified atom stereocenters. The first kappa shape index (κ1) is 19.3. The zero-order chi connectivity index (χ0) is 20.7. The maximum absolute atomic E-state index is 12.3. The van der Waals surface area contributed by atoms with Crippen molar-refractivity contribution in [1.29, 1.82) is 0 Å². The number of rotatable bonds is 4. The van der Waals surface area contributed by atoms with Gasteiger partial charge in [0, 0.05) is 19.1 Å². The van der Waals surface area contributed by atoms with Gasteiger partial charge in [0.25, 0.3) is 5.91 Å². The third kappa shape index (κ3) is 3.61. The van der Waals surface area contributed by atoms with Crippen LogP contribution in [0.5, 0.6) is 0 Å². The van der Waals surface area contributed by atoms with E-state index in [1.54, 1.807) is 11.3 Å². The molecule has 0 aliphatic carbocycles. The molecule has 0 bridgehead atoms. The number of anilines is 1. The Morgan fingerprint density at radius 2 is 1.90 bits per heavy atom. The number of carbonyl (C=O) groups excluding carboxylic acids is 1. The highest BCUT2D eigenvalue weighted by Crippen LogP contribution is 2.33. The summed E-state index contributed by atoms with van der Waals surface area (Å²) in [6.07, 6.45) is 1.85. The molecule has 1 N–H and O–H groups in total. The van der Waals surface area contributed by atoms with Crippen LogP contribution >= 0.6 is 22.7 Å². The third-order valence-corrected chi connectivity index (χ3v) is 7.58. The molecule has 6 nitrogen and oxygen atoms in total. The summed E-state index contributed by atoms with van der Waals surface area (Å²) in [5, 5.41) is 10.8. The number of piperidine rings is 1. The van der Waals surface area contributed by atoms with Crippen molar-refractivity contribution in [2.45, 2.75) is 32.7 Å². The SMILES string of the molecule is Cc1ccc(-n2nc(C)c3sc(N4CCC(NC(=O)c5cccs5)CC4)nc32)cc1. The maximum Gasteiger partial charge on any atom is 0.261 e. The third-order valence-electron chi connectivity index (χ3n) is 5.50. The molecule has 1 aliphatic heterocycles. The number of hydrogen-bond acceptors (Lipinski definition) is 6. The topological polar surface area (TPSA) is 63.1 Å². The van der Waals surface area contributed by atoms with Crippen LogP contribution in [0.1, 0.15) is 33.8 Å². The van der Waals surface area contributed by atoms with Gasteiger partial charge in [-0.25, -0.2) is 4.68 Å². The quantitative estimate of drug-likeness (QED) is 0.508. The number of nitrogens with one attached hydrogen (secondary N) is 1. The van der Waals surface area contributed by atoms with Crippen LogP contribution in [0.3, 0.4) is 0 Å². The number of amides is 1. The molecule has 0 radical (unpaired) electrons. The van der Waals surface area contributed by atoms with Gasteiger partial charge in [-0.3, -0.25) is 4.79 Å². The summed E-state index contributed by atoms with van der Waals surface area (Å²) in [5.74, 6) is 0.0391. The molecule has 1 fully saturated rings. The fourth-order valence-corrected chi connectivity index (χ4v) is 5.47. The van der Waals surface area contributed by atoms with E-state index in [2.05, 4.69) is 41.4 Å². The molecule has 1 aromatic carbocycles. The van der Waals surface area contributed by atoms with Crippen molar-refractivity contribution in [3.8, 4) is 5.69 Å². The van der Waals surface area contributed by atoms with E-state index in [9.17, 15) is 4.79 Å². The second-order valence-electron chi connectivity index (χ2n) is 7.69. The van der Waals surface area contributed by atoms with E-state index in [4.69, 9.17) is 10.1 Å². The molecule has 30 heavy (non-hydrogen) atoms. The Kier molecular flexibility index (Phi) is 5.04. The lowest BCUT2D eigenvalue weighted by atomic mass is 10.1. The van der Waals surface area contributed by atoms with E-state index in [1.165, 1.54) is 16.9 Å². The number of fused-ring (bicyclic) bond motifs is 1. The first-order chi connectivity index (χ1) is 14.6. The maximum atomic E-state index is 12.3. The molecule has 8 heteroatoms. The van der Waals surface area contributed by atoms with Crippen molar-refractivity contribution < 1.29 is 4.79 Å². The predicted molar refractivity (Wildman–Crippen MR) is 123 cm³/mol. The minimum Gasteiger partial charge on any atom is -0.348 e. The van der Waals surface area contributed by atoms with Crippen LogP contribution in [0, 0.1) is 13.8 Å². The lowest BCUT2D eigenvalue weighted by Gasteiger charge is -2.32. The van der Waals surface area contributed by atoms with E-state index in [1.807, 2.05) is 29.1 Å². The zero-order valence-corrected chi connectivity index (χ0v) is 18.6. The number of nitrogens with zero attached hydrogens (tertiary/aromatic N) is 4. The van der Waals surface area contributed by atoms with Gasteiger partial charge in [0.1, 0.15) is 0 Å². The van der Waals surface area contributed by atoms with Crippen LogP contribution < -0.4 is 10.2 Å². The van der Waals surface area contributed by atoms with Crippen molar-refractivity contribution in [2.75, 3.05) is 18.0 Å². The van der Waals surface area contributed by atoms with E-state index in [-0.39, 0.29) is 11.9 Å². The van der Waals surface area contributed by atoms with Gasteiger partial charge < -0.3 is 10.2 Å². The number of aryl methyl sites for hydroxylation is 2. The standard InChI is InChI=1S/C22H23N5OS2/c1-14-5-7-17(8-6-14)27-20-19(15(2)25-27)30-22(24-20)26-11-9-16(10-12-26)23-21(28)18-4-3-13-29-18/h3-8,13,16H,9-12H2,1-2H3,(H,23,28). The smallest absolute Gasteiger partial charge is 0.261 e. The molecule has 1 saturated heterocycles. The molecule has 5 rings (SSSR count). The molecule has 1 amide bonds. The summed E-state index contributed by atoms with van der Waals surface area (Å²) in [7, 11) is 0. The van der Waals surface area contributed by atoms with Crippen LogP contribution in [0.4, 0.5) is 5.13 Å². The van der Waals surface area contributed by atoms with Crippen molar-refractivity contribution >= 4 is 44.1 Å². The minimum absolute atomic E-state index is 0.0391. The predicted octanol–water partition coefficient (Wildman–Crippen LogP) is 4.56. The average molecular weight is 438 g/mol. The zero-order valence-electron chi connectivity index (χ0n) is 17.0. The van der Waals surface area contributed by atoms with Crippen LogP contribution in [-0.4, -0.2) is 39.8 Å². The molecule has 154 valence electrons. The van der Waals surface area contributed by atoms with Gasteiger partial charge in [-0.15, -0.1) is 11.3 Å². The number of thiophene rings is 1. The van der Waals surface area contributed by atoms with Crippen molar-refractivity contribution in [3.63, 3.8) is 0 Å². The van der Waals surface area contributed by atoms with Gasteiger partial charge >= 0.3 is 0 Å². The highest BCUT2D eigenvalue weighted by Gasteiger charge is 2.25. The lowest BCUT2D eigenvalue weighted by Crippen LogP contribution is -2.44. The Morgan fingerprint density at radius 1 is 1.13 bits per heavy atom. The Morgan fingerprint density at radius 3 is 2.60 bits per heavy atom. The summed E-state index contributed by atoms with van der Waals surface area (Å²) >= 11 is 3.19. The molecule has 4 heterocycles. The normalized spacial score (nSPS) is 15.1. The Bertz CT molecular complexity index is 1170. The van der Waals surface area contributed by atoms with Crippen LogP contribution in [-0.2, 0) is 0 Å². The largest absolute Gasteiger partial charge is 0.348 e. The van der Waals surface area contributed by atoms with Crippen molar-refractivity contribution in [1.82, 2.24) is 20.1 Å². The Hall–Kier alpha value is -2.71. The summed E-state index contributed by atoms with van der Waals surface area (Å²) in [5.41, 5.74) is 4.19. The highest BCUT2D eigenvalue weighted by molar-refractivity contribution is 7.22. The van der Waals surface area contributed by atoms with Crippen LogP contribution in [0.2, 0.25) is 0 Å². The van der Waals surface area contributed by atoms with E-state index < -0.39 is 0 Å². The first-order valence-corrected chi connectivity index (χ1v) is 11.8. The van der Waals surface area contributed by atoms with Gasteiger partial charge in [0.2, 0.25) is 0 Å². The Labute approximate surface area is 183 Å². The number of aromatic nitrogens is 3. The second kappa shape index (κ2) is 7.85. The minimum atomic E-state index is 0.0391. The number of benzene rings is 1. The Balaban J connectivity index is 1.31. The number of hydrogen-bond donors (Lipinski definition) is 1. The first-order valence-electron chi connectivity index (χ1n) is 10.1. The van der Waals surface area contributed by atoms with Gasteiger partial charge in [0.15, 0.2) is 10.8 Å². The van der Waals surface area contributed by atoms with Gasteiger partial charge in [0.05, 0.1) is 21.0 Å². The molecule has 0 spiro atoms. The lowest BCUT2D eigenvalue weighted by molar-refractivity contribution is 0.0935. The monoisotopic (exact) mass is 437 g/mol. The van der Waals surface area contributed by atoms with Gasteiger partial charge in [-0.1, -0.05) is 35.1 Å². The van der Waals surface area contributed by atoms with Gasteiger partial charge in [-0.05, 0) is 50.3 Å². The fourth-order valence-electron chi connectivity index (χ4n) is 3.80. The molecular weight excluding hydrogens is 414 g/mol. The van der Waals surface area contributed by atoms with Crippen molar-refractivity contribution in [2.24, 2.45) is 0 Å². The molecule has 4 aromatic rings. The fraction of sp³-hybridized carbons (Fsp3) is 0.318. The molecular formula is C22H23N5OS2. The summed E-state index contributed by atoms with van der Waals surface area (Å²) in [6.45, 7) is 5.91. The second-order valence-corrected chi connectivity index (χ2v) is 9.62. The number of carbonyl (C=O) groups is 1. The summed E-state index contributed by atoms with van der Waals surface area (Å²) < 4.78 is 3.08. The van der Waals surface area contributed by atoms with E-state index in [0.717, 1.165) is 57.7 Å². The molecule has 1 aliphatic rings.